The molecule has 4 N–H and O–H groups in total. The van der Waals surface area contributed by atoms with Gasteiger partial charge in [-0.2, -0.15) is 0 Å². The molecule has 0 spiro atoms. The first kappa shape index (κ1) is 16.0. The number of carbonyl (C=O) groups excluding carboxylic acids is 3. The Morgan fingerprint density at radius 2 is 1.91 bits per heavy atom. The number of urea groups is 1. The molecule has 1 aromatic rings. The number of carbonyl (C=O) groups is 3. The monoisotopic (exact) mass is 305 g/mol. The van der Waals surface area contributed by atoms with E-state index in [1.54, 1.807) is 24.3 Å². The second-order valence-corrected chi connectivity index (χ2v) is 5.20. The largest absolute Gasteiger partial charge is 0.367 e. The van der Waals surface area contributed by atoms with E-state index in [-0.39, 0.29) is 17.9 Å². The third kappa shape index (κ3) is 4.29. The molecule has 7 nitrogen and oxygen atoms in total. The molecule has 1 aliphatic heterocycles. The number of primary amides is 1. The van der Waals surface area contributed by atoms with Gasteiger partial charge in [-0.15, -0.1) is 0 Å². The van der Waals surface area contributed by atoms with Crippen molar-refractivity contribution >= 4 is 23.4 Å². The van der Waals surface area contributed by atoms with E-state index >= 15 is 0 Å². The Kier molecular flexibility index (Phi) is 5.11. The number of amides is 3. The van der Waals surface area contributed by atoms with Gasteiger partial charge in [0, 0.05) is 17.8 Å². The second kappa shape index (κ2) is 7.04. The number of benzene rings is 1. The lowest BCUT2D eigenvalue weighted by atomic mass is 10.1. The number of hydrogen-bond donors (Lipinski definition) is 3. The van der Waals surface area contributed by atoms with Crippen molar-refractivity contribution in [2.75, 3.05) is 11.9 Å². The zero-order valence-electron chi connectivity index (χ0n) is 12.3. The fourth-order valence-electron chi connectivity index (χ4n) is 2.24. The highest BCUT2D eigenvalue weighted by Gasteiger charge is 2.29. The molecule has 0 aliphatic carbocycles. The molecule has 0 aromatic heterocycles. The highest BCUT2D eigenvalue weighted by molar-refractivity contribution is 5.95. The maximum absolute atomic E-state index is 11.8. The summed E-state index contributed by atoms with van der Waals surface area (Å²) in [5, 5.41) is 5.33. The van der Waals surface area contributed by atoms with Gasteiger partial charge in [0.15, 0.2) is 5.78 Å². The molecule has 0 bridgehead atoms. The molecule has 3 amide bonds. The van der Waals surface area contributed by atoms with E-state index in [1.807, 2.05) is 0 Å². The minimum atomic E-state index is -0.561. The summed E-state index contributed by atoms with van der Waals surface area (Å²) in [6.45, 7) is 1.79. The van der Waals surface area contributed by atoms with Gasteiger partial charge in [-0.05, 0) is 44.0 Å². The van der Waals surface area contributed by atoms with Crippen LogP contribution in [-0.4, -0.2) is 36.5 Å². The van der Waals surface area contributed by atoms with Crippen molar-refractivity contribution in [3.63, 3.8) is 0 Å². The Morgan fingerprint density at radius 1 is 1.23 bits per heavy atom. The maximum atomic E-state index is 11.8. The number of ether oxygens (including phenoxy) is 1. The maximum Gasteiger partial charge on any atom is 0.319 e. The zero-order valence-corrected chi connectivity index (χ0v) is 12.3. The predicted octanol–water partition coefficient (Wildman–Crippen LogP) is 1.04. The number of nitrogens with two attached hydrogens (primary N) is 1. The van der Waals surface area contributed by atoms with Crippen LogP contribution in [0.25, 0.3) is 0 Å². The lowest BCUT2D eigenvalue weighted by molar-refractivity contribution is -0.128. The van der Waals surface area contributed by atoms with Crippen molar-refractivity contribution < 1.29 is 19.1 Å². The van der Waals surface area contributed by atoms with Crippen LogP contribution in [-0.2, 0) is 9.53 Å². The van der Waals surface area contributed by atoms with Gasteiger partial charge in [0.05, 0.1) is 6.10 Å². The Balaban J connectivity index is 1.76. The average molecular weight is 305 g/mol. The van der Waals surface area contributed by atoms with E-state index in [0.29, 0.717) is 30.6 Å². The van der Waals surface area contributed by atoms with Gasteiger partial charge in [-0.3, -0.25) is 9.59 Å². The van der Waals surface area contributed by atoms with Gasteiger partial charge in [-0.1, -0.05) is 0 Å². The van der Waals surface area contributed by atoms with E-state index < -0.39 is 12.0 Å². The Hall–Kier alpha value is -2.41. The molecule has 2 rings (SSSR count). The molecule has 118 valence electrons. The topological polar surface area (TPSA) is 111 Å². The molecule has 0 radical (unpaired) electrons. The molecule has 2 atom stereocenters. The molecule has 1 aliphatic rings. The number of ketones is 1. The van der Waals surface area contributed by atoms with E-state index in [2.05, 4.69) is 10.6 Å². The summed E-state index contributed by atoms with van der Waals surface area (Å²) in [5.74, 6) is -0.504. The standard InChI is InChI=1S/C15H19N3O4/c1-9(19)10-2-4-11(5-3-10)18-15(21)17-8-12-6-7-13(22-12)14(16)20/h2-5,12-13H,6-8H2,1H3,(H2,16,20)(H2,17,18,21). The number of Topliss-reactive ketones (excluding diaryl/α,β-unsaturated/α-hetero) is 1. The van der Waals surface area contributed by atoms with Crippen LogP contribution in [0.4, 0.5) is 10.5 Å². The lowest BCUT2D eigenvalue weighted by Crippen LogP contribution is -2.36. The summed E-state index contributed by atoms with van der Waals surface area (Å²) >= 11 is 0. The molecule has 1 aromatic carbocycles. The summed E-state index contributed by atoms with van der Waals surface area (Å²) < 4.78 is 5.41. The molecule has 0 saturated carbocycles. The fraction of sp³-hybridized carbons (Fsp3) is 0.400. The van der Waals surface area contributed by atoms with Crippen LogP contribution in [0.5, 0.6) is 0 Å². The van der Waals surface area contributed by atoms with Gasteiger partial charge >= 0.3 is 6.03 Å². The highest BCUT2D eigenvalue weighted by Crippen LogP contribution is 2.18. The first-order valence-corrected chi connectivity index (χ1v) is 7.06. The molecule has 1 fully saturated rings. The van der Waals surface area contributed by atoms with E-state index in [4.69, 9.17) is 10.5 Å². The Labute approximate surface area is 128 Å². The summed E-state index contributed by atoms with van der Waals surface area (Å²) in [6.07, 6.45) is 0.495. The minimum Gasteiger partial charge on any atom is -0.367 e. The fourth-order valence-corrected chi connectivity index (χ4v) is 2.24. The number of anilines is 1. The summed E-state index contributed by atoms with van der Waals surface area (Å²) in [6, 6.07) is 6.24. The van der Waals surface area contributed by atoms with E-state index in [9.17, 15) is 14.4 Å². The molecular formula is C15H19N3O4. The molecular weight excluding hydrogens is 286 g/mol. The summed E-state index contributed by atoms with van der Waals surface area (Å²) in [5.41, 5.74) is 6.34. The van der Waals surface area contributed by atoms with Crippen LogP contribution in [0, 0.1) is 0 Å². The second-order valence-electron chi connectivity index (χ2n) is 5.20. The first-order chi connectivity index (χ1) is 10.5. The Morgan fingerprint density at radius 3 is 2.45 bits per heavy atom. The van der Waals surface area contributed by atoms with Crippen LogP contribution in [0.15, 0.2) is 24.3 Å². The lowest BCUT2D eigenvalue weighted by Gasteiger charge is -2.13. The van der Waals surface area contributed by atoms with Crippen LogP contribution in [0.3, 0.4) is 0 Å². The van der Waals surface area contributed by atoms with Crippen molar-refractivity contribution in [2.24, 2.45) is 5.73 Å². The van der Waals surface area contributed by atoms with Gasteiger partial charge in [0.2, 0.25) is 5.91 Å². The summed E-state index contributed by atoms with van der Waals surface area (Å²) in [7, 11) is 0. The number of nitrogens with one attached hydrogen (secondary N) is 2. The summed E-state index contributed by atoms with van der Waals surface area (Å²) in [4.78, 5) is 33.9. The third-order valence-electron chi connectivity index (χ3n) is 3.46. The van der Waals surface area contributed by atoms with Crippen LogP contribution in [0.2, 0.25) is 0 Å². The normalized spacial score (nSPS) is 20.4. The SMILES string of the molecule is CC(=O)c1ccc(NC(=O)NCC2CCC(C(N)=O)O2)cc1. The van der Waals surface area contributed by atoms with Crippen molar-refractivity contribution in [1.82, 2.24) is 5.32 Å². The molecule has 22 heavy (non-hydrogen) atoms. The number of rotatable bonds is 5. The third-order valence-corrected chi connectivity index (χ3v) is 3.46. The van der Waals surface area contributed by atoms with Crippen LogP contribution < -0.4 is 16.4 Å². The predicted molar refractivity (Wildman–Crippen MR) is 80.6 cm³/mol. The smallest absolute Gasteiger partial charge is 0.319 e. The van der Waals surface area contributed by atoms with Crippen molar-refractivity contribution in [2.45, 2.75) is 32.0 Å². The van der Waals surface area contributed by atoms with E-state index in [1.165, 1.54) is 6.92 Å². The van der Waals surface area contributed by atoms with Gasteiger partial charge in [0.1, 0.15) is 6.10 Å². The van der Waals surface area contributed by atoms with Crippen LogP contribution >= 0.6 is 0 Å². The highest BCUT2D eigenvalue weighted by atomic mass is 16.5. The van der Waals surface area contributed by atoms with Crippen molar-refractivity contribution in [1.29, 1.82) is 0 Å². The quantitative estimate of drug-likeness (QED) is 0.706. The van der Waals surface area contributed by atoms with Gasteiger partial charge in [-0.25, -0.2) is 4.79 Å². The molecule has 1 heterocycles. The van der Waals surface area contributed by atoms with Crippen LogP contribution in [0.1, 0.15) is 30.1 Å². The van der Waals surface area contributed by atoms with Gasteiger partial charge in [0.25, 0.3) is 0 Å². The molecule has 1 saturated heterocycles. The average Bonchev–Trinajstić information content (AvgIpc) is 2.95. The molecule has 2 unspecified atom stereocenters. The number of hydrogen-bond acceptors (Lipinski definition) is 4. The van der Waals surface area contributed by atoms with Crippen molar-refractivity contribution in [3.8, 4) is 0 Å². The zero-order chi connectivity index (χ0) is 16.1. The van der Waals surface area contributed by atoms with E-state index in [0.717, 1.165) is 0 Å². The molecule has 7 heteroatoms. The minimum absolute atomic E-state index is 0.0293. The van der Waals surface area contributed by atoms with Crippen molar-refractivity contribution in [3.05, 3.63) is 29.8 Å². The first-order valence-electron chi connectivity index (χ1n) is 7.06. The van der Waals surface area contributed by atoms with Gasteiger partial charge < -0.3 is 21.1 Å². The Bertz CT molecular complexity index is 571.